The number of likely N-dealkylation sites (tertiary alicyclic amines) is 1. The van der Waals surface area contributed by atoms with Crippen molar-refractivity contribution in [1.29, 1.82) is 0 Å². The highest BCUT2D eigenvalue weighted by molar-refractivity contribution is 5.92. The van der Waals surface area contributed by atoms with Crippen molar-refractivity contribution in [3.05, 3.63) is 23.9 Å². The molecule has 0 bridgehead atoms. The quantitative estimate of drug-likeness (QED) is 0.863. The Kier molecular flexibility index (Phi) is 9.01. The molecule has 1 aliphatic heterocycles. The number of aryl methyl sites for hydroxylation is 1. The van der Waals surface area contributed by atoms with Crippen LogP contribution in [0.15, 0.2) is 18.2 Å². The van der Waals surface area contributed by atoms with Gasteiger partial charge in [0.05, 0.1) is 12.5 Å². The van der Waals surface area contributed by atoms with Gasteiger partial charge in [-0.1, -0.05) is 6.07 Å². The number of aromatic nitrogens is 1. The van der Waals surface area contributed by atoms with Crippen molar-refractivity contribution in [3.8, 4) is 0 Å². The molecule has 8 heteroatoms. The third-order valence-electron chi connectivity index (χ3n) is 3.46. The summed E-state index contributed by atoms with van der Waals surface area (Å²) in [4.78, 5) is 29.7. The Morgan fingerprint density at radius 1 is 1.41 bits per heavy atom. The number of hydrogen-bond acceptors (Lipinski definition) is 4. The number of anilines is 1. The summed E-state index contributed by atoms with van der Waals surface area (Å²) in [5.74, 6) is 0.174. The number of carbonyl (C=O) groups is 2. The molecule has 1 fully saturated rings. The molecule has 0 aromatic carbocycles. The van der Waals surface area contributed by atoms with Crippen molar-refractivity contribution in [2.24, 2.45) is 11.7 Å². The number of hydrogen-bond donors (Lipinski definition) is 2. The first-order chi connectivity index (χ1) is 9.60. The Bertz CT molecular complexity index is 513. The molecular formula is C14H22Cl2N4O2. The predicted molar refractivity (Wildman–Crippen MR) is 90.5 cm³/mol. The van der Waals surface area contributed by atoms with E-state index in [0.29, 0.717) is 18.9 Å². The van der Waals surface area contributed by atoms with E-state index in [9.17, 15) is 9.59 Å². The van der Waals surface area contributed by atoms with E-state index < -0.39 is 0 Å². The Morgan fingerprint density at radius 3 is 2.77 bits per heavy atom. The first kappa shape index (κ1) is 20.6. The SMILES string of the molecule is Cc1cccc(NC(=O)C2CCCN(C(=O)CN)C2)n1.Cl.Cl. The molecule has 1 atom stereocenters. The lowest BCUT2D eigenvalue weighted by Gasteiger charge is -2.31. The molecule has 124 valence electrons. The fraction of sp³-hybridized carbons (Fsp3) is 0.500. The molecule has 2 heterocycles. The van der Waals surface area contributed by atoms with Crippen LogP contribution in [0, 0.1) is 12.8 Å². The molecule has 0 spiro atoms. The number of amides is 2. The zero-order valence-electron chi connectivity index (χ0n) is 12.4. The number of halogens is 2. The third-order valence-corrected chi connectivity index (χ3v) is 3.46. The summed E-state index contributed by atoms with van der Waals surface area (Å²) < 4.78 is 0. The van der Waals surface area contributed by atoms with Gasteiger partial charge in [-0.25, -0.2) is 4.98 Å². The smallest absolute Gasteiger partial charge is 0.236 e. The van der Waals surface area contributed by atoms with Crippen molar-refractivity contribution in [3.63, 3.8) is 0 Å². The van der Waals surface area contributed by atoms with E-state index in [1.54, 1.807) is 11.0 Å². The highest BCUT2D eigenvalue weighted by atomic mass is 35.5. The maximum absolute atomic E-state index is 12.2. The van der Waals surface area contributed by atoms with Gasteiger partial charge in [-0.2, -0.15) is 0 Å². The normalized spacial score (nSPS) is 17.0. The van der Waals surface area contributed by atoms with E-state index >= 15 is 0 Å². The minimum Gasteiger partial charge on any atom is -0.341 e. The molecule has 1 aromatic rings. The fourth-order valence-electron chi connectivity index (χ4n) is 2.39. The summed E-state index contributed by atoms with van der Waals surface area (Å²) in [5.41, 5.74) is 6.22. The highest BCUT2D eigenvalue weighted by Gasteiger charge is 2.27. The standard InChI is InChI=1S/C14H20N4O2.2ClH/c1-10-4-2-6-12(16-10)17-14(20)11-5-3-7-18(9-11)13(19)8-15;;/h2,4,6,11H,3,5,7-9,15H2,1H3,(H,16,17,20);2*1H. The van der Waals surface area contributed by atoms with Crippen LogP contribution in [0.3, 0.4) is 0 Å². The second-order valence-corrected chi connectivity index (χ2v) is 5.04. The lowest BCUT2D eigenvalue weighted by atomic mass is 9.97. The molecular weight excluding hydrogens is 327 g/mol. The molecule has 0 radical (unpaired) electrons. The molecule has 22 heavy (non-hydrogen) atoms. The average Bonchev–Trinajstić information content (AvgIpc) is 2.46. The zero-order chi connectivity index (χ0) is 14.5. The molecule has 1 aliphatic rings. The van der Waals surface area contributed by atoms with Crippen molar-refractivity contribution in [2.45, 2.75) is 19.8 Å². The maximum atomic E-state index is 12.2. The number of nitrogens with one attached hydrogen (secondary N) is 1. The van der Waals surface area contributed by atoms with Crippen LogP contribution in [0.25, 0.3) is 0 Å². The minimum atomic E-state index is -0.193. The van der Waals surface area contributed by atoms with Crippen LogP contribution in [-0.4, -0.2) is 41.3 Å². The van der Waals surface area contributed by atoms with Crippen LogP contribution in [0.5, 0.6) is 0 Å². The Labute approximate surface area is 142 Å². The minimum absolute atomic E-state index is 0. The van der Waals surface area contributed by atoms with Gasteiger partial charge in [0.15, 0.2) is 0 Å². The van der Waals surface area contributed by atoms with E-state index in [2.05, 4.69) is 10.3 Å². The maximum Gasteiger partial charge on any atom is 0.236 e. The van der Waals surface area contributed by atoms with Crippen molar-refractivity contribution in [2.75, 3.05) is 25.0 Å². The lowest BCUT2D eigenvalue weighted by molar-refractivity contribution is -0.133. The van der Waals surface area contributed by atoms with E-state index in [0.717, 1.165) is 18.5 Å². The number of carbonyl (C=O) groups excluding carboxylic acids is 2. The number of pyridine rings is 1. The third kappa shape index (κ3) is 5.44. The van der Waals surface area contributed by atoms with Gasteiger partial charge in [0.25, 0.3) is 0 Å². The Balaban J connectivity index is 0.00000220. The van der Waals surface area contributed by atoms with Gasteiger partial charge >= 0.3 is 0 Å². The van der Waals surface area contributed by atoms with Crippen LogP contribution in [0.4, 0.5) is 5.82 Å². The van der Waals surface area contributed by atoms with E-state index in [1.807, 2.05) is 19.1 Å². The molecule has 3 N–H and O–H groups in total. The first-order valence-corrected chi connectivity index (χ1v) is 6.82. The average molecular weight is 349 g/mol. The van der Waals surface area contributed by atoms with Crippen LogP contribution >= 0.6 is 24.8 Å². The molecule has 1 saturated heterocycles. The summed E-state index contributed by atoms with van der Waals surface area (Å²) in [6, 6.07) is 5.48. The van der Waals surface area contributed by atoms with Crippen LogP contribution in [0.1, 0.15) is 18.5 Å². The van der Waals surface area contributed by atoms with Crippen molar-refractivity contribution >= 4 is 42.4 Å². The predicted octanol–water partition coefficient (Wildman–Crippen LogP) is 1.37. The molecule has 2 amide bonds. The second kappa shape index (κ2) is 9.61. The van der Waals surface area contributed by atoms with Gasteiger partial charge in [0.1, 0.15) is 5.82 Å². The molecule has 0 saturated carbocycles. The van der Waals surface area contributed by atoms with Crippen molar-refractivity contribution < 1.29 is 9.59 Å². The van der Waals surface area contributed by atoms with Crippen LogP contribution < -0.4 is 11.1 Å². The van der Waals surface area contributed by atoms with Gasteiger partial charge in [0, 0.05) is 18.8 Å². The summed E-state index contributed by atoms with van der Waals surface area (Å²) in [6.07, 6.45) is 1.61. The number of piperidine rings is 1. The summed E-state index contributed by atoms with van der Waals surface area (Å²) in [6.45, 7) is 2.99. The Hall–Kier alpha value is -1.37. The second-order valence-electron chi connectivity index (χ2n) is 5.04. The van der Waals surface area contributed by atoms with Crippen LogP contribution in [0.2, 0.25) is 0 Å². The van der Waals surface area contributed by atoms with E-state index in [-0.39, 0.29) is 49.1 Å². The molecule has 6 nitrogen and oxygen atoms in total. The van der Waals surface area contributed by atoms with Crippen molar-refractivity contribution in [1.82, 2.24) is 9.88 Å². The fourth-order valence-corrected chi connectivity index (χ4v) is 2.39. The highest BCUT2D eigenvalue weighted by Crippen LogP contribution is 2.18. The summed E-state index contributed by atoms with van der Waals surface area (Å²) in [7, 11) is 0. The molecule has 1 unspecified atom stereocenters. The van der Waals surface area contributed by atoms with Crippen LogP contribution in [-0.2, 0) is 9.59 Å². The Morgan fingerprint density at radius 2 is 2.14 bits per heavy atom. The topological polar surface area (TPSA) is 88.3 Å². The largest absolute Gasteiger partial charge is 0.341 e. The number of nitrogens with two attached hydrogens (primary N) is 1. The molecule has 2 rings (SSSR count). The van der Waals surface area contributed by atoms with Gasteiger partial charge in [-0.05, 0) is 31.9 Å². The van der Waals surface area contributed by atoms with Gasteiger partial charge in [-0.3, -0.25) is 9.59 Å². The summed E-state index contributed by atoms with van der Waals surface area (Å²) in [5, 5.41) is 2.81. The number of nitrogens with zero attached hydrogens (tertiary/aromatic N) is 2. The van der Waals surface area contributed by atoms with E-state index in [4.69, 9.17) is 5.73 Å². The zero-order valence-corrected chi connectivity index (χ0v) is 14.1. The van der Waals surface area contributed by atoms with Gasteiger partial charge < -0.3 is 16.0 Å². The van der Waals surface area contributed by atoms with Gasteiger partial charge in [-0.15, -0.1) is 24.8 Å². The van der Waals surface area contributed by atoms with Gasteiger partial charge in [0.2, 0.25) is 11.8 Å². The summed E-state index contributed by atoms with van der Waals surface area (Å²) >= 11 is 0. The first-order valence-electron chi connectivity index (χ1n) is 6.82. The molecule has 1 aromatic heterocycles. The lowest BCUT2D eigenvalue weighted by Crippen LogP contribution is -2.45. The van der Waals surface area contributed by atoms with E-state index in [1.165, 1.54) is 0 Å². The number of rotatable bonds is 3. The molecule has 0 aliphatic carbocycles. The monoisotopic (exact) mass is 348 g/mol.